The number of rotatable bonds is 6. The summed E-state index contributed by atoms with van der Waals surface area (Å²) in [5.74, 6) is 1.78. The lowest BCUT2D eigenvalue weighted by Crippen LogP contribution is -2.33. The van der Waals surface area contributed by atoms with Gasteiger partial charge in [0.15, 0.2) is 23.0 Å². The predicted molar refractivity (Wildman–Crippen MR) is 95.6 cm³/mol. The molecule has 0 spiro atoms. The van der Waals surface area contributed by atoms with Gasteiger partial charge in [-0.25, -0.2) is 4.39 Å². The first kappa shape index (κ1) is 17.8. The van der Waals surface area contributed by atoms with Crippen LogP contribution in [0.15, 0.2) is 36.4 Å². The second kappa shape index (κ2) is 8.41. The van der Waals surface area contributed by atoms with Crippen LogP contribution in [0.25, 0.3) is 0 Å². The van der Waals surface area contributed by atoms with E-state index in [2.05, 4.69) is 5.32 Å². The molecule has 0 saturated carbocycles. The molecule has 6 heteroatoms. The minimum Gasteiger partial charge on any atom is -0.493 e. The Bertz CT molecular complexity index is 720. The van der Waals surface area contributed by atoms with E-state index < -0.39 is 5.82 Å². The average Bonchev–Trinajstić information content (AvgIpc) is 2.63. The molecule has 1 aliphatic heterocycles. The molecule has 0 aromatic heterocycles. The third-order valence-electron chi connectivity index (χ3n) is 4.12. The van der Waals surface area contributed by atoms with Gasteiger partial charge in [0, 0.05) is 29.6 Å². The van der Waals surface area contributed by atoms with Gasteiger partial charge in [0.05, 0.1) is 13.7 Å². The van der Waals surface area contributed by atoms with Gasteiger partial charge in [0.2, 0.25) is 0 Å². The van der Waals surface area contributed by atoms with Gasteiger partial charge in [0.25, 0.3) is 0 Å². The van der Waals surface area contributed by atoms with Gasteiger partial charge in [-0.2, -0.15) is 0 Å². The van der Waals surface area contributed by atoms with Crippen LogP contribution < -0.4 is 19.5 Å². The zero-order valence-corrected chi connectivity index (χ0v) is 14.8. The molecule has 1 heterocycles. The molecule has 25 heavy (non-hydrogen) atoms. The lowest BCUT2D eigenvalue weighted by Gasteiger charge is -2.23. The Morgan fingerprint density at radius 1 is 1.12 bits per heavy atom. The molecule has 1 atom stereocenters. The van der Waals surface area contributed by atoms with Gasteiger partial charge in [-0.3, -0.25) is 0 Å². The molecule has 1 fully saturated rings. The maximum Gasteiger partial charge on any atom is 0.172 e. The summed E-state index contributed by atoms with van der Waals surface area (Å²) in [6.45, 7) is 2.55. The Morgan fingerprint density at radius 3 is 2.72 bits per heavy atom. The zero-order valence-electron chi connectivity index (χ0n) is 14.1. The van der Waals surface area contributed by atoms with E-state index in [1.807, 2.05) is 0 Å². The summed E-state index contributed by atoms with van der Waals surface area (Å²) in [5.41, 5.74) is 0. The van der Waals surface area contributed by atoms with Gasteiger partial charge < -0.3 is 19.5 Å². The molecule has 0 aliphatic carbocycles. The van der Waals surface area contributed by atoms with Crippen molar-refractivity contribution in [2.24, 2.45) is 5.92 Å². The molecule has 1 unspecified atom stereocenters. The van der Waals surface area contributed by atoms with Crippen molar-refractivity contribution in [1.29, 1.82) is 0 Å². The number of benzene rings is 2. The Balaban J connectivity index is 1.77. The third kappa shape index (κ3) is 4.77. The van der Waals surface area contributed by atoms with E-state index in [4.69, 9.17) is 25.8 Å². The Labute approximate surface area is 151 Å². The van der Waals surface area contributed by atoms with Crippen LogP contribution in [0.1, 0.15) is 12.8 Å². The van der Waals surface area contributed by atoms with Crippen molar-refractivity contribution in [3.05, 3.63) is 47.2 Å². The van der Waals surface area contributed by atoms with E-state index in [0.717, 1.165) is 25.9 Å². The maximum absolute atomic E-state index is 13.7. The smallest absolute Gasteiger partial charge is 0.172 e. The molecule has 4 nitrogen and oxygen atoms in total. The first-order chi connectivity index (χ1) is 12.2. The van der Waals surface area contributed by atoms with Crippen LogP contribution in [0.4, 0.5) is 4.39 Å². The Kier molecular flexibility index (Phi) is 6.00. The lowest BCUT2D eigenvalue weighted by atomic mass is 10.0. The van der Waals surface area contributed by atoms with E-state index in [1.165, 1.54) is 19.2 Å². The third-order valence-corrected chi connectivity index (χ3v) is 4.36. The van der Waals surface area contributed by atoms with Crippen molar-refractivity contribution in [1.82, 2.24) is 5.32 Å². The molecular formula is C19H21ClFNO3. The van der Waals surface area contributed by atoms with Gasteiger partial charge in [0.1, 0.15) is 5.82 Å². The van der Waals surface area contributed by atoms with E-state index in [1.54, 1.807) is 24.3 Å². The van der Waals surface area contributed by atoms with Crippen molar-refractivity contribution in [3.63, 3.8) is 0 Å². The minimum absolute atomic E-state index is 0.310. The Morgan fingerprint density at radius 2 is 1.96 bits per heavy atom. The summed E-state index contributed by atoms with van der Waals surface area (Å²) in [7, 11) is 1.53. The quantitative estimate of drug-likeness (QED) is 0.808. The van der Waals surface area contributed by atoms with E-state index in [9.17, 15) is 4.39 Å². The molecule has 1 saturated heterocycles. The largest absolute Gasteiger partial charge is 0.493 e. The normalized spacial score (nSPS) is 17.2. The molecule has 0 radical (unpaired) electrons. The molecule has 2 aromatic rings. The standard InChI is InChI=1S/C19H21ClFNO3/c1-23-18-9-14(20)4-6-17(18)25-19-10-15(21)5-7-16(19)24-12-13-3-2-8-22-11-13/h4-7,9-10,13,22H,2-3,8,11-12H2,1H3. The fraction of sp³-hybridized carbons (Fsp3) is 0.368. The van der Waals surface area contributed by atoms with Gasteiger partial charge >= 0.3 is 0 Å². The van der Waals surface area contributed by atoms with E-state index >= 15 is 0 Å². The first-order valence-corrected chi connectivity index (χ1v) is 8.68. The van der Waals surface area contributed by atoms with Crippen LogP contribution in [0.3, 0.4) is 0 Å². The number of hydrogen-bond acceptors (Lipinski definition) is 4. The molecule has 2 aromatic carbocycles. The number of nitrogens with one attached hydrogen (secondary N) is 1. The number of ether oxygens (including phenoxy) is 3. The molecule has 3 rings (SSSR count). The molecular weight excluding hydrogens is 345 g/mol. The average molecular weight is 366 g/mol. The minimum atomic E-state index is -0.394. The molecule has 0 amide bonds. The zero-order chi connectivity index (χ0) is 17.6. The maximum atomic E-state index is 13.7. The topological polar surface area (TPSA) is 39.7 Å². The van der Waals surface area contributed by atoms with Crippen molar-refractivity contribution in [2.45, 2.75) is 12.8 Å². The van der Waals surface area contributed by atoms with E-state index in [0.29, 0.717) is 40.5 Å². The van der Waals surface area contributed by atoms with Gasteiger partial charge in [-0.1, -0.05) is 11.6 Å². The highest BCUT2D eigenvalue weighted by atomic mass is 35.5. The molecule has 134 valence electrons. The van der Waals surface area contributed by atoms with Crippen LogP contribution in [-0.2, 0) is 0 Å². The molecule has 1 N–H and O–H groups in total. The summed E-state index contributed by atoms with van der Waals surface area (Å²) in [4.78, 5) is 0. The highest BCUT2D eigenvalue weighted by molar-refractivity contribution is 6.30. The van der Waals surface area contributed by atoms with Crippen molar-refractivity contribution in [3.8, 4) is 23.0 Å². The lowest BCUT2D eigenvalue weighted by molar-refractivity contribution is 0.212. The second-order valence-electron chi connectivity index (χ2n) is 6.01. The first-order valence-electron chi connectivity index (χ1n) is 8.30. The van der Waals surface area contributed by atoms with E-state index in [-0.39, 0.29) is 0 Å². The highest BCUT2D eigenvalue weighted by Crippen LogP contribution is 2.38. The summed E-state index contributed by atoms with van der Waals surface area (Å²) < 4.78 is 30.7. The predicted octanol–water partition coefficient (Wildman–Crippen LogP) is 4.66. The summed E-state index contributed by atoms with van der Waals surface area (Å²) in [6.07, 6.45) is 2.26. The number of halogens is 2. The van der Waals surface area contributed by atoms with Crippen LogP contribution in [-0.4, -0.2) is 26.8 Å². The molecule has 0 bridgehead atoms. The number of hydrogen-bond donors (Lipinski definition) is 1. The number of methoxy groups -OCH3 is 1. The van der Waals surface area contributed by atoms with Crippen LogP contribution >= 0.6 is 11.6 Å². The fourth-order valence-corrected chi connectivity index (χ4v) is 2.96. The van der Waals surface area contributed by atoms with Gasteiger partial charge in [-0.05, 0) is 43.7 Å². The second-order valence-corrected chi connectivity index (χ2v) is 6.45. The highest BCUT2D eigenvalue weighted by Gasteiger charge is 2.16. The summed E-state index contributed by atoms with van der Waals surface area (Å²) in [5, 5.41) is 3.89. The van der Waals surface area contributed by atoms with Crippen LogP contribution in [0.2, 0.25) is 5.02 Å². The van der Waals surface area contributed by atoms with Crippen molar-refractivity contribution in [2.75, 3.05) is 26.8 Å². The van der Waals surface area contributed by atoms with Gasteiger partial charge in [-0.15, -0.1) is 0 Å². The SMILES string of the molecule is COc1cc(Cl)ccc1Oc1cc(F)ccc1OCC1CCCNC1. The van der Waals surface area contributed by atoms with Crippen molar-refractivity contribution >= 4 is 11.6 Å². The monoisotopic (exact) mass is 365 g/mol. The molecule has 1 aliphatic rings. The van der Waals surface area contributed by atoms with Crippen LogP contribution in [0, 0.1) is 11.7 Å². The fourth-order valence-electron chi connectivity index (χ4n) is 2.80. The summed E-state index contributed by atoms with van der Waals surface area (Å²) >= 11 is 5.96. The Hall–Kier alpha value is -1.98. The van der Waals surface area contributed by atoms with Crippen LogP contribution in [0.5, 0.6) is 23.0 Å². The summed E-state index contributed by atoms with van der Waals surface area (Å²) in [6, 6.07) is 9.27. The van der Waals surface area contributed by atoms with Crippen molar-refractivity contribution < 1.29 is 18.6 Å². The number of piperidine rings is 1.